The van der Waals surface area contributed by atoms with E-state index in [0.717, 1.165) is 22.2 Å². The number of aromatic amines is 1. The van der Waals surface area contributed by atoms with E-state index in [1.54, 1.807) is 18.3 Å². The number of carbonyl (C=O) groups is 1. The zero-order valence-electron chi connectivity index (χ0n) is 13.9. The highest BCUT2D eigenvalue weighted by Crippen LogP contribution is 2.27. The molecule has 4 rings (SSSR count). The van der Waals surface area contributed by atoms with Gasteiger partial charge in [-0.3, -0.25) is 9.59 Å². The summed E-state index contributed by atoms with van der Waals surface area (Å²) in [5, 5.41) is 4.45. The maximum Gasteiger partial charge on any atom is 0.255 e. The molecule has 0 spiro atoms. The molecule has 3 aromatic carbocycles. The number of rotatable bonds is 3. The molecule has 0 aliphatic carbocycles. The lowest BCUT2D eigenvalue weighted by Crippen LogP contribution is -2.11. The van der Waals surface area contributed by atoms with Crippen molar-refractivity contribution in [2.75, 3.05) is 5.32 Å². The summed E-state index contributed by atoms with van der Waals surface area (Å²) in [6, 6.07) is 24.2. The van der Waals surface area contributed by atoms with Crippen LogP contribution < -0.4 is 10.9 Å². The number of carbonyl (C=O) groups excluding carboxylic acids is 1. The first kappa shape index (κ1) is 15.8. The summed E-state index contributed by atoms with van der Waals surface area (Å²) in [7, 11) is 0. The molecule has 0 unspecified atom stereocenters. The van der Waals surface area contributed by atoms with Gasteiger partial charge in [0, 0.05) is 28.4 Å². The predicted octanol–water partition coefficient (Wildman–Crippen LogP) is 4.45. The average Bonchev–Trinajstić information content (AvgIpc) is 2.70. The van der Waals surface area contributed by atoms with Gasteiger partial charge in [-0.15, -0.1) is 0 Å². The smallest absolute Gasteiger partial charge is 0.255 e. The molecule has 0 saturated carbocycles. The lowest BCUT2D eigenvalue weighted by molar-refractivity contribution is 0.102. The number of amides is 1. The molecule has 4 heteroatoms. The average molecular weight is 340 g/mol. The van der Waals surface area contributed by atoms with Gasteiger partial charge < -0.3 is 10.3 Å². The Hall–Kier alpha value is -3.66. The number of nitrogens with one attached hydrogen (secondary N) is 2. The van der Waals surface area contributed by atoms with Crippen molar-refractivity contribution in [2.24, 2.45) is 0 Å². The Bertz CT molecular complexity index is 1130. The molecule has 0 bridgehead atoms. The van der Waals surface area contributed by atoms with Gasteiger partial charge in [-0.2, -0.15) is 0 Å². The van der Waals surface area contributed by atoms with Gasteiger partial charge in [0.25, 0.3) is 11.5 Å². The SMILES string of the molecule is O=C(Nc1ccc(-c2c[nH]c(=O)c3ccccc23)cc1)c1ccccc1. The molecule has 126 valence electrons. The van der Waals surface area contributed by atoms with Crippen molar-refractivity contribution in [1.29, 1.82) is 0 Å². The molecule has 0 atom stereocenters. The number of aromatic nitrogens is 1. The van der Waals surface area contributed by atoms with Crippen LogP contribution >= 0.6 is 0 Å². The third-order valence-electron chi connectivity index (χ3n) is 4.30. The Labute approximate surface area is 150 Å². The maximum atomic E-state index is 12.2. The fourth-order valence-corrected chi connectivity index (χ4v) is 2.97. The van der Waals surface area contributed by atoms with E-state index in [-0.39, 0.29) is 11.5 Å². The van der Waals surface area contributed by atoms with Gasteiger partial charge >= 0.3 is 0 Å². The first-order valence-corrected chi connectivity index (χ1v) is 8.29. The van der Waals surface area contributed by atoms with Crippen LogP contribution in [0.25, 0.3) is 21.9 Å². The maximum absolute atomic E-state index is 12.2. The zero-order chi connectivity index (χ0) is 17.9. The molecular weight excluding hydrogens is 324 g/mol. The van der Waals surface area contributed by atoms with Crippen LogP contribution in [0, 0.1) is 0 Å². The lowest BCUT2D eigenvalue weighted by Gasteiger charge is -2.09. The molecule has 1 amide bonds. The van der Waals surface area contributed by atoms with Crippen LogP contribution in [-0.2, 0) is 0 Å². The molecule has 1 heterocycles. The second-order valence-corrected chi connectivity index (χ2v) is 5.97. The molecule has 0 aliphatic rings. The third kappa shape index (κ3) is 3.00. The van der Waals surface area contributed by atoms with Crippen molar-refractivity contribution in [3.05, 3.63) is 101 Å². The highest BCUT2D eigenvalue weighted by Gasteiger charge is 2.08. The van der Waals surface area contributed by atoms with Crippen LogP contribution in [0.2, 0.25) is 0 Å². The van der Waals surface area contributed by atoms with Gasteiger partial charge in [0.1, 0.15) is 0 Å². The highest BCUT2D eigenvalue weighted by atomic mass is 16.1. The van der Waals surface area contributed by atoms with Crippen LogP contribution in [0.3, 0.4) is 0 Å². The monoisotopic (exact) mass is 340 g/mol. The largest absolute Gasteiger partial charge is 0.328 e. The van der Waals surface area contributed by atoms with E-state index in [4.69, 9.17) is 0 Å². The Kier molecular flexibility index (Phi) is 4.07. The van der Waals surface area contributed by atoms with Gasteiger partial charge in [-0.25, -0.2) is 0 Å². The van der Waals surface area contributed by atoms with Gasteiger partial charge in [0.2, 0.25) is 0 Å². The highest BCUT2D eigenvalue weighted by molar-refractivity contribution is 6.04. The van der Waals surface area contributed by atoms with Crippen molar-refractivity contribution in [2.45, 2.75) is 0 Å². The summed E-state index contributed by atoms with van der Waals surface area (Å²) in [4.78, 5) is 27.0. The second kappa shape index (κ2) is 6.69. The van der Waals surface area contributed by atoms with Crippen molar-refractivity contribution < 1.29 is 4.79 Å². The van der Waals surface area contributed by atoms with E-state index < -0.39 is 0 Å². The van der Waals surface area contributed by atoms with Gasteiger partial charge in [-0.05, 0) is 41.3 Å². The normalized spacial score (nSPS) is 10.6. The minimum Gasteiger partial charge on any atom is -0.328 e. The summed E-state index contributed by atoms with van der Waals surface area (Å²) < 4.78 is 0. The number of benzene rings is 3. The van der Waals surface area contributed by atoms with Crippen LogP contribution in [-0.4, -0.2) is 10.9 Å². The van der Waals surface area contributed by atoms with Gasteiger partial charge in [0.05, 0.1) is 0 Å². The van der Waals surface area contributed by atoms with E-state index in [1.165, 1.54) is 0 Å². The molecule has 0 aliphatic heterocycles. The van der Waals surface area contributed by atoms with Crippen molar-refractivity contribution in [3.63, 3.8) is 0 Å². The summed E-state index contributed by atoms with van der Waals surface area (Å²) in [6.45, 7) is 0. The summed E-state index contributed by atoms with van der Waals surface area (Å²) in [5.41, 5.74) is 3.15. The second-order valence-electron chi connectivity index (χ2n) is 5.97. The van der Waals surface area contributed by atoms with Gasteiger partial charge in [-0.1, -0.05) is 48.5 Å². The van der Waals surface area contributed by atoms with Crippen LogP contribution in [0.15, 0.2) is 89.9 Å². The molecule has 0 radical (unpaired) electrons. The molecule has 4 aromatic rings. The standard InChI is InChI=1S/C22H16N2O2/c25-21(16-6-2-1-3-7-16)24-17-12-10-15(11-13-17)20-14-23-22(26)19-9-5-4-8-18(19)20/h1-14H,(H,23,26)(H,24,25). The van der Waals surface area contributed by atoms with E-state index in [0.29, 0.717) is 10.9 Å². The Balaban J connectivity index is 1.64. The molecule has 0 saturated heterocycles. The van der Waals surface area contributed by atoms with E-state index in [9.17, 15) is 9.59 Å². The Morgan fingerprint density at radius 2 is 1.42 bits per heavy atom. The molecule has 2 N–H and O–H groups in total. The number of H-pyrrole nitrogens is 1. The molecule has 26 heavy (non-hydrogen) atoms. The quantitative estimate of drug-likeness (QED) is 0.579. The van der Waals surface area contributed by atoms with Crippen LogP contribution in [0.5, 0.6) is 0 Å². The lowest BCUT2D eigenvalue weighted by atomic mass is 10.0. The Morgan fingerprint density at radius 3 is 2.15 bits per heavy atom. The van der Waals surface area contributed by atoms with E-state index in [1.807, 2.05) is 66.7 Å². The number of hydrogen-bond donors (Lipinski definition) is 2. The fourth-order valence-electron chi connectivity index (χ4n) is 2.97. The summed E-state index contributed by atoms with van der Waals surface area (Å²) >= 11 is 0. The number of pyridine rings is 1. The van der Waals surface area contributed by atoms with Crippen molar-refractivity contribution >= 4 is 22.4 Å². The molecular formula is C22H16N2O2. The molecule has 4 nitrogen and oxygen atoms in total. The van der Waals surface area contributed by atoms with E-state index in [2.05, 4.69) is 10.3 Å². The number of fused-ring (bicyclic) bond motifs is 1. The van der Waals surface area contributed by atoms with Crippen molar-refractivity contribution in [3.8, 4) is 11.1 Å². The fraction of sp³-hybridized carbons (Fsp3) is 0. The summed E-state index contributed by atoms with van der Waals surface area (Å²) in [5.74, 6) is -0.146. The Morgan fingerprint density at radius 1 is 0.769 bits per heavy atom. The minimum absolute atomic E-state index is 0.101. The number of hydrogen-bond acceptors (Lipinski definition) is 2. The molecule has 0 fully saturated rings. The van der Waals surface area contributed by atoms with Crippen molar-refractivity contribution in [1.82, 2.24) is 4.98 Å². The molecule has 1 aromatic heterocycles. The first-order valence-electron chi connectivity index (χ1n) is 8.29. The third-order valence-corrected chi connectivity index (χ3v) is 4.30. The van der Waals surface area contributed by atoms with Crippen LogP contribution in [0.4, 0.5) is 5.69 Å². The van der Waals surface area contributed by atoms with E-state index >= 15 is 0 Å². The van der Waals surface area contributed by atoms with Crippen LogP contribution in [0.1, 0.15) is 10.4 Å². The topological polar surface area (TPSA) is 62.0 Å². The predicted molar refractivity (Wildman–Crippen MR) is 104 cm³/mol. The first-order chi connectivity index (χ1) is 12.7. The number of anilines is 1. The minimum atomic E-state index is -0.146. The summed E-state index contributed by atoms with van der Waals surface area (Å²) in [6.07, 6.45) is 1.72. The zero-order valence-corrected chi connectivity index (χ0v) is 13.9. The van der Waals surface area contributed by atoms with Gasteiger partial charge in [0.15, 0.2) is 0 Å².